The van der Waals surface area contributed by atoms with Crippen LogP contribution in [0.15, 0.2) is 18.2 Å². The van der Waals surface area contributed by atoms with Crippen LogP contribution in [0.1, 0.15) is 12.5 Å². The molecule has 0 heterocycles. The Morgan fingerprint density at radius 3 is 2.50 bits per heavy atom. The number of ether oxygens (including phenoxy) is 1. The highest BCUT2D eigenvalue weighted by Crippen LogP contribution is 2.33. The van der Waals surface area contributed by atoms with Crippen molar-refractivity contribution in [2.75, 3.05) is 11.9 Å². The van der Waals surface area contributed by atoms with Crippen molar-refractivity contribution in [3.05, 3.63) is 28.8 Å². The molecule has 1 aromatic carbocycles. The van der Waals surface area contributed by atoms with Gasteiger partial charge in [-0.05, 0) is 25.1 Å². The van der Waals surface area contributed by atoms with Gasteiger partial charge in [-0.15, -0.1) is 0 Å². The second kappa shape index (κ2) is 7.86. The molecule has 24 heavy (non-hydrogen) atoms. The molecule has 0 bridgehead atoms. The summed E-state index contributed by atoms with van der Waals surface area (Å²) in [5.41, 5.74) is 3.53. The van der Waals surface area contributed by atoms with Gasteiger partial charge in [0, 0.05) is 0 Å². The molecule has 0 saturated heterocycles. The fourth-order valence-electron chi connectivity index (χ4n) is 1.52. The molecule has 1 atom stereocenters. The van der Waals surface area contributed by atoms with Gasteiger partial charge in [-0.25, -0.2) is 9.59 Å². The molecule has 0 aliphatic heterocycles. The molecule has 0 aliphatic carbocycles. The van der Waals surface area contributed by atoms with Crippen molar-refractivity contribution in [1.82, 2.24) is 5.32 Å². The molecule has 1 rings (SSSR count). The Kier molecular flexibility index (Phi) is 6.41. The molecule has 0 aromatic heterocycles. The third kappa shape index (κ3) is 5.95. The number of urea groups is 1. The first-order valence-corrected chi connectivity index (χ1v) is 6.77. The van der Waals surface area contributed by atoms with Gasteiger partial charge in [-0.1, -0.05) is 11.6 Å². The molecule has 0 aliphatic rings. The van der Waals surface area contributed by atoms with Crippen molar-refractivity contribution in [1.29, 1.82) is 0 Å². The van der Waals surface area contributed by atoms with E-state index in [4.69, 9.17) is 17.3 Å². The fourth-order valence-corrected chi connectivity index (χ4v) is 1.68. The van der Waals surface area contributed by atoms with Crippen LogP contribution in [0.25, 0.3) is 0 Å². The van der Waals surface area contributed by atoms with E-state index < -0.39 is 42.3 Å². The van der Waals surface area contributed by atoms with E-state index in [0.717, 1.165) is 12.1 Å². The van der Waals surface area contributed by atoms with Gasteiger partial charge < -0.3 is 21.1 Å². The minimum Gasteiger partial charge on any atom is -0.454 e. The van der Waals surface area contributed by atoms with Crippen LogP contribution in [0.3, 0.4) is 0 Å². The van der Waals surface area contributed by atoms with E-state index in [2.05, 4.69) is 10.1 Å². The molecule has 1 unspecified atom stereocenters. The van der Waals surface area contributed by atoms with Gasteiger partial charge in [0.15, 0.2) is 6.61 Å². The smallest absolute Gasteiger partial charge is 0.416 e. The molecule has 7 nitrogen and oxygen atoms in total. The molecule has 3 amide bonds. The Labute approximate surface area is 139 Å². The number of alkyl halides is 3. The number of amides is 3. The maximum Gasteiger partial charge on any atom is 0.416 e. The van der Waals surface area contributed by atoms with E-state index in [1.54, 1.807) is 0 Å². The standard InChI is InChI=1S/C13H13ClF3N3O4/c1-6(19-12(18)23)11(22)24-5-10(21)20-9-4-7(13(15,16)17)2-3-8(9)14/h2-4,6H,5H2,1H3,(H,20,21)(H3,18,19,23). The number of hydrogen-bond donors (Lipinski definition) is 3. The van der Waals surface area contributed by atoms with Crippen molar-refractivity contribution in [2.24, 2.45) is 5.73 Å². The second-order valence-electron chi connectivity index (χ2n) is 4.58. The summed E-state index contributed by atoms with van der Waals surface area (Å²) in [6, 6.07) is 0.339. The highest BCUT2D eigenvalue weighted by atomic mass is 35.5. The van der Waals surface area contributed by atoms with E-state index in [-0.39, 0.29) is 10.7 Å². The number of nitrogens with two attached hydrogens (primary N) is 1. The maximum absolute atomic E-state index is 12.6. The first-order chi connectivity index (χ1) is 11.0. The number of carbonyl (C=O) groups is 3. The number of halogens is 4. The van der Waals surface area contributed by atoms with Crippen LogP contribution < -0.4 is 16.4 Å². The van der Waals surface area contributed by atoms with Crippen LogP contribution in [-0.2, 0) is 20.5 Å². The molecular weight excluding hydrogens is 355 g/mol. The molecular formula is C13H13ClF3N3O4. The van der Waals surface area contributed by atoms with Crippen LogP contribution in [0.2, 0.25) is 5.02 Å². The topological polar surface area (TPSA) is 111 Å². The number of esters is 1. The summed E-state index contributed by atoms with van der Waals surface area (Å²) < 4.78 is 42.4. The second-order valence-corrected chi connectivity index (χ2v) is 4.99. The SMILES string of the molecule is CC(NC(N)=O)C(=O)OCC(=O)Nc1cc(C(F)(F)F)ccc1Cl. The first kappa shape index (κ1) is 19.6. The summed E-state index contributed by atoms with van der Waals surface area (Å²) in [5, 5.41) is 4.01. The average molecular weight is 368 g/mol. The van der Waals surface area contributed by atoms with Gasteiger partial charge in [0.2, 0.25) is 0 Å². The number of anilines is 1. The van der Waals surface area contributed by atoms with Gasteiger partial charge in [0.05, 0.1) is 16.3 Å². The minimum absolute atomic E-state index is 0.119. The molecule has 0 saturated carbocycles. The van der Waals surface area contributed by atoms with Gasteiger partial charge in [-0.2, -0.15) is 13.2 Å². The van der Waals surface area contributed by atoms with Crippen LogP contribution >= 0.6 is 11.6 Å². The van der Waals surface area contributed by atoms with E-state index in [1.165, 1.54) is 6.92 Å². The summed E-state index contributed by atoms with van der Waals surface area (Å²) in [5.74, 6) is -1.85. The van der Waals surface area contributed by atoms with E-state index in [1.807, 2.05) is 5.32 Å². The maximum atomic E-state index is 12.6. The van der Waals surface area contributed by atoms with E-state index in [9.17, 15) is 27.6 Å². The number of nitrogens with one attached hydrogen (secondary N) is 2. The molecule has 0 spiro atoms. The number of rotatable bonds is 5. The Bertz CT molecular complexity index is 652. The minimum atomic E-state index is -4.60. The average Bonchev–Trinajstić information content (AvgIpc) is 2.45. The molecule has 132 valence electrons. The van der Waals surface area contributed by atoms with Crippen molar-refractivity contribution in [2.45, 2.75) is 19.1 Å². The first-order valence-electron chi connectivity index (χ1n) is 6.40. The summed E-state index contributed by atoms with van der Waals surface area (Å²) in [6.45, 7) is 0.491. The van der Waals surface area contributed by atoms with Gasteiger partial charge >= 0.3 is 18.2 Å². The summed E-state index contributed by atoms with van der Waals surface area (Å²) >= 11 is 5.71. The third-order valence-corrected chi connectivity index (χ3v) is 2.96. The number of benzene rings is 1. The predicted molar refractivity (Wildman–Crippen MR) is 78.2 cm³/mol. The highest BCUT2D eigenvalue weighted by molar-refractivity contribution is 6.33. The molecule has 1 aromatic rings. The zero-order chi connectivity index (χ0) is 18.5. The number of hydrogen-bond acceptors (Lipinski definition) is 4. The summed E-state index contributed by atoms with van der Waals surface area (Å²) in [4.78, 5) is 33.6. The quantitative estimate of drug-likeness (QED) is 0.690. The van der Waals surface area contributed by atoms with Crippen molar-refractivity contribution in [3.8, 4) is 0 Å². The molecule has 11 heteroatoms. The lowest BCUT2D eigenvalue weighted by molar-refractivity contribution is -0.148. The Morgan fingerprint density at radius 1 is 1.33 bits per heavy atom. The highest BCUT2D eigenvalue weighted by Gasteiger charge is 2.31. The molecule has 4 N–H and O–H groups in total. The van der Waals surface area contributed by atoms with Crippen LogP contribution in [0, 0.1) is 0 Å². The zero-order valence-electron chi connectivity index (χ0n) is 12.2. The Hall–Kier alpha value is -2.49. The lowest BCUT2D eigenvalue weighted by Gasteiger charge is -2.13. The molecule has 0 radical (unpaired) electrons. The largest absolute Gasteiger partial charge is 0.454 e. The van der Waals surface area contributed by atoms with Crippen molar-refractivity contribution >= 4 is 35.2 Å². The zero-order valence-corrected chi connectivity index (χ0v) is 13.0. The van der Waals surface area contributed by atoms with Gasteiger partial charge in [0.25, 0.3) is 5.91 Å². The van der Waals surface area contributed by atoms with Gasteiger partial charge in [0.1, 0.15) is 6.04 Å². The summed E-state index contributed by atoms with van der Waals surface area (Å²) in [6.07, 6.45) is -4.60. The lowest BCUT2D eigenvalue weighted by atomic mass is 10.2. The Morgan fingerprint density at radius 2 is 1.96 bits per heavy atom. The van der Waals surface area contributed by atoms with Gasteiger partial charge in [-0.3, -0.25) is 4.79 Å². The van der Waals surface area contributed by atoms with E-state index in [0.29, 0.717) is 6.07 Å². The lowest BCUT2D eigenvalue weighted by Crippen LogP contribution is -2.43. The monoisotopic (exact) mass is 367 g/mol. The number of carbonyl (C=O) groups excluding carboxylic acids is 3. The molecule has 0 fully saturated rings. The van der Waals surface area contributed by atoms with Crippen molar-refractivity contribution < 1.29 is 32.3 Å². The third-order valence-electron chi connectivity index (χ3n) is 2.63. The van der Waals surface area contributed by atoms with E-state index >= 15 is 0 Å². The predicted octanol–water partition coefficient (Wildman–Crippen LogP) is 1.90. The van der Waals surface area contributed by atoms with Crippen molar-refractivity contribution in [3.63, 3.8) is 0 Å². The normalized spacial score (nSPS) is 12.2. The number of primary amides is 1. The summed E-state index contributed by atoms with van der Waals surface area (Å²) in [7, 11) is 0. The van der Waals surface area contributed by atoms with Crippen LogP contribution in [-0.4, -0.2) is 30.6 Å². The Balaban J connectivity index is 2.65. The van der Waals surface area contributed by atoms with Crippen LogP contribution in [0.4, 0.5) is 23.7 Å². The fraction of sp³-hybridized carbons (Fsp3) is 0.308. The van der Waals surface area contributed by atoms with Crippen LogP contribution in [0.5, 0.6) is 0 Å².